The zero-order valence-electron chi connectivity index (χ0n) is 26.8. The highest BCUT2D eigenvalue weighted by Crippen LogP contribution is 2.44. The number of hydrogen-bond acceptors (Lipinski definition) is 11. The van der Waals surface area contributed by atoms with Crippen LogP contribution in [0.4, 0.5) is 19.4 Å². The minimum atomic E-state index is -3.67. The average Bonchev–Trinajstić information content (AvgIpc) is 3.24. The molecule has 0 saturated carbocycles. The molecule has 1 amide bonds. The van der Waals surface area contributed by atoms with E-state index in [2.05, 4.69) is 15.4 Å². The second kappa shape index (κ2) is 15.6. The van der Waals surface area contributed by atoms with Crippen LogP contribution in [0.1, 0.15) is 39.0 Å². The van der Waals surface area contributed by atoms with Gasteiger partial charge in [-0.2, -0.15) is 4.98 Å². The number of halogens is 2. The number of aromatic nitrogens is 2. The lowest BCUT2D eigenvalue weighted by Crippen LogP contribution is -2.36. The Bertz CT molecular complexity index is 1460. The Balaban J connectivity index is 1.54. The van der Waals surface area contributed by atoms with E-state index in [1.165, 1.54) is 32.2 Å². The molecule has 1 unspecified atom stereocenters. The molecule has 0 aliphatic carbocycles. The predicted molar refractivity (Wildman–Crippen MR) is 165 cm³/mol. The number of amides is 1. The molecule has 0 radical (unpaired) electrons. The molecule has 14 nitrogen and oxygen atoms in total. The Labute approximate surface area is 266 Å². The van der Waals surface area contributed by atoms with Crippen LogP contribution in [0.25, 0.3) is 0 Å². The normalized spacial score (nSPS) is 19.7. The van der Waals surface area contributed by atoms with Crippen molar-refractivity contribution in [2.24, 2.45) is 0 Å². The summed E-state index contributed by atoms with van der Waals surface area (Å²) in [5, 5.41) is 4.93. The molecule has 0 bridgehead atoms. The van der Waals surface area contributed by atoms with Crippen LogP contribution in [0, 0.1) is 0 Å². The van der Waals surface area contributed by atoms with Gasteiger partial charge in [-0.25, -0.2) is 23.5 Å². The molecule has 1 aromatic carbocycles. The second-order valence-electron chi connectivity index (χ2n) is 11.9. The van der Waals surface area contributed by atoms with Crippen LogP contribution in [0.2, 0.25) is 19.6 Å². The van der Waals surface area contributed by atoms with Gasteiger partial charge >= 0.3 is 25.3 Å². The number of nitrogens with zero attached hydrogens (tertiary/aromatic N) is 2. The van der Waals surface area contributed by atoms with E-state index in [1.54, 1.807) is 26.0 Å². The zero-order chi connectivity index (χ0) is 34.3. The van der Waals surface area contributed by atoms with Crippen LogP contribution < -0.4 is 20.6 Å². The Morgan fingerprint density at radius 2 is 1.85 bits per heavy atom. The van der Waals surface area contributed by atoms with Gasteiger partial charge in [0, 0.05) is 19.7 Å². The summed E-state index contributed by atoms with van der Waals surface area (Å²) < 4.78 is 75.3. The van der Waals surface area contributed by atoms with E-state index in [0.717, 1.165) is 6.20 Å². The van der Waals surface area contributed by atoms with Crippen molar-refractivity contribution in [3.8, 4) is 5.75 Å². The van der Waals surface area contributed by atoms with Gasteiger partial charge in [0.1, 0.15) is 30.6 Å². The van der Waals surface area contributed by atoms with Gasteiger partial charge in [-0.1, -0.05) is 12.1 Å². The number of carbonyl (C=O) groups excluding carboxylic acids is 2. The van der Waals surface area contributed by atoms with Gasteiger partial charge in [-0.15, -0.1) is 0 Å². The van der Waals surface area contributed by atoms with E-state index in [9.17, 15) is 27.7 Å². The van der Waals surface area contributed by atoms with Gasteiger partial charge in [0.15, 0.2) is 8.32 Å². The van der Waals surface area contributed by atoms with E-state index >= 15 is 0 Å². The van der Waals surface area contributed by atoms with Gasteiger partial charge in [-0.3, -0.25) is 19.2 Å². The molecule has 1 aliphatic heterocycles. The number of benzene rings is 1. The Morgan fingerprint density at radius 1 is 1.17 bits per heavy atom. The first-order valence-corrected chi connectivity index (χ1v) is 19.7. The van der Waals surface area contributed by atoms with Gasteiger partial charge in [0.05, 0.1) is 18.8 Å². The third kappa shape index (κ3) is 11.2. The standard InChI is InChI=1S/C28H41F2N4O10PSi/c1-18(2)42-24(35)19(3)33-45(38,17-39-4)44-21-10-8-20(9-11-21)15-40-27(37)32-23-12-13-34(26(36)31-23)25-28(29,30)14-22(43-25)16-41-46(5,6)7/h8-13,18-19,22,25H,14-17H2,1-7H3,(H,33,38)(H,31,32,36,37)/t19-,22-,25+,45?/m0/s1. The summed E-state index contributed by atoms with van der Waals surface area (Å²) in [4.78, 5) is 40.7. The molecular weight excluding hydrogens is 649 g/mol. The number of alkyl halides is 2. The zero-order valence-corrected chi connectivity index (χ0v) is 28.7. The molecule has 2 heterocycles. The molecule has 0 spiro atoms. The number of carbonyl (C=O) groups is 2. The summed E-state index contributed by atoms with van der Waals surface area (Å²) in [5.41, 5.74) is -0.515. The van der Waals surface area contributed by atoms with Crippen LogP contribution in [0.3, 0.4) is 0 Å². The molecule has 2 aromatic rings. The highest BCUT2D eigenvalue weighted by atomic mass is 31.2. The number of hydrogen-bond donors (Lipinski definition) is 2. The Morgan fingerprint density at radius 3 is 2.43 bits per heavy atom. The largest absolute Gasteiger partial charge is 0.462 e. The fourth-order valence-corrected chi connectivity index (χ4v) is 6.52. The van der Waals surface area contributed by atoms with E-state index in [0.29, 0.717) is 10.1 Å². The van der Waals surface area contributed by atoms with Crippen LogP contribution in [-0.4, -0.2) is 74.2 Å². The van der Waals surface area contributed by atoms with Crippen LogP contribution >= 0.6 is 7.52 Å². The third-order valence-corrected chi connectivity index (χ3v) is 9.06. The number of anilines is 1. The minimum Gasteiger partial charge on any atom is -0.462 e. The summed E-state index contributed by atoms with van der Waals surface area (Å²) in [6.07, 6.45) is -3.91. The van der Waals surface area contributed by atoms with Gasteiger partial charge in [0.25, 0.3) is 5.92 Å². The third-order valence-electron chi connectivity index (χ3n) is 6.14. The van der Waals surface area contributed by atoms with Gasteiger partial charge in [-0.05, 0) is 64.2 Å². The van der Waals surface area contributed by atoms with Crippen molar-refractivity contribution in [3.05, 3.63) is 52.6 Å². The molecule has 1 fully saturated rings. The van der Waals surface area contributed by atoms with Gasteiger partial charge < -0.3 is 27.9 Å². The summed E-state index contributed by atoms with van der Waals surface area (Å²) in [6.45, 7) is 10.5. The maximum Gasteiger partial charge on any atom is 0.413 e. The second-order valence-corrected chi connectivity index (χ2v) is 18.4. The monoisotopic (exact) mass is 690 g/mol. The first-order chi connectivity index (χ1) is 21.4. The lowest BCUT2D eigenvalue weighted by atomic mass is 10.2. The van der Waals surface area contributed by atoms with E-state index < -0.39 is 64.3 Å². The summed E-state index contributed by atoms with van der Waals surface area (Å²) in [7, 11) is -4.29. The molecule has 2 N–H and O–H groups in total. The average molecular weight is 691 g/mol. The fraction of sp³-hybridized carbons (Fsp3) is 0.571. The summed E-state index contributed by atoms with van der Waals surface area (Å²) in [6, 6.07) is 6.33. The summed E-state index contributed by atoms with van der Waals surface area (Å²) >= 11 is 0. The molecule has 1 aliphatic rings. The maximum absolute atomic E-state index is 14.7. The topological polar surface area (TPSA) is 166 Å². The number of ether oxygens (including phenoxy) is 4. The molecule has 4 atom stereocenters. The summed E-state index contributed by atoms with van der Waals surface area (Å²) in [5.74, 6) is -3.94. The minimum absolute atomic E-state index is 0.00705. The van der Waals surface area contributed by atoms with E-state index in [1.807, 2.05) is 19.6 Å². The lowest BCUT2D eigenvalue weighted by Gasteiger charge is -2.23. The van der Waals surface area contributed by atoms with Crippen molar-refractivity contribution in [1.29, 1.82) is 0 Å². The predicted octanol–water partition coefficient (Wildman–Crippen LogP) is 4.87. The quantitative estimate of drug-likeness (QED) is 0.148. The van der Waals surface area contributed by atoms with E-state index in [4.69, 9.17) is 27.9 Å². The Kier molecular flexibility index (Phi) is 12.6. The molecule has 1 aromatic heterocycles. The molecule has 3 rings (SSSR count). The number of rotatable bonds is 15. The first-order valence-electron chi connectivity index (χ1n) is 14.4. The van der Waals surface area contributed by atoms with Gasteiger partial charge in [0.2, 0.25) is 6.23 Å². The SMILES string of the molecule is COCP(=O)(N[C@@H](C)C(=O)OC(C)C)Oc1ccc(COC(=O)Nc2ccn([C@@H]3O[C@H](CO[Si](C)(C)C)CC3(F)F)c(=O)n2)cc1. The van der Waals surface area contributed by atoms with Crippen molar-refractivity contribution >= 4 is 33.7 Å². The lowest BCUT2D eigenvalue weighted by molar-refractivity contribution is -0.149. The number of esters is 1. The fourth-order valence-electron chi connectivity index (χ4n) is 4.15. The van der Waals surface area contributed by atoms with Crippen LogP contribution in [-0.2, 0) is 39.3 Å². The van der Waals surface area contributed by atoms with E-state index in [-0.39, 0.29) is 37.2 Å². The number of methoxy groups -OCH3 is 1. The van der Waals surface area contributed by atoms with Crippen LogP contribution in [0.5, 0.6) is 5.75 Å². The first kappa shape index (κ1) is 37.2. The number of nitrogens with one attached hydrogen (secondary N) is 2. The molecule has 1 saturated heterocycles. The Hall–Kier alpha value is -3.21. The molecular formula is C28H41F2N4O10PSi. The molecule has 18 heteroatoms. The maximum atomic E-state index is 14.7. The van der Waals surface area contributed by atoms with Crippen molar-refractivity contribution in [2.75, 3.05) is 25.4 Å². The highest BCUT2D eigenvalue weighted by Gasteiger charge is 2.52. The smallest absolute Gasteiger partial charge is 0.413 e. The van der Waals surface area contributed by atoms with Crippen molar-refractivity contribution in [2.45, 2.75) is 83.8 Å². The highest BCUT2D eigenvalue weighted by molar-refractivity contribution is 7.57. The van der Waals surface area contributed by atoms with Crippen molar-refractivity contribution < 1.29 is 50.8 Å². The van der Waals surface area contributed by atoms with Crippen molar-refractivity contribution in [1.82, 2.24) is 14.6 Å². The molecule has 256 valence electrons. The molecule has 46 heavy (non-hydrogen) atoms. The van der Waals surface area contributed by atoms with Crippen LogP contribution in [0.15, 0.2) is 41.3 Å². The van der Waals surface area contributed by atoms with Crippen molar-refractivity contribution in [3.63, 3.8) is 0 Å².